The van der Waals surface area contributed by atoms with Gasteiger partial charge in [0.1, 0.15) is 0 Å². The molecule has 0 radical (unpaired) electrons. The van der Waals surface area contributed by atoms with Gasteiger partial charge in [0.05, 0.1) is 19.6 Å². The second kappa shape index (κ2) is 4.42. The van der Waals surface area contributed by atoms with Gasteiger partial charge in [-0.05, 0) is 12.3 Å². The molecule has 1 fully saturated rings. The van der Waals surface area contributed by atoms with E-state index in [1.807, 2.05) is 0 Å². The maximum Gasteiger partial charge on any atom is 0.310 e. The van der Waals surface area contributed by atoms with Gasteiger partial charge in [-0.15, -0.1) is 0 Å². The average molecular weight is 173 g/mol. The predicted octanol–water partition coefficient (Wildman–Crippen LogP) is -0.229. The zero-order valence-electron chi connectivity index (χ0n) is 7.29. The summed E-state index contributed by atoms with van der Waals surface area (Å²) in [4.78, 5) is 11.2. The first-order chi connectivity index (χ1) is 5.79. The van der Waals surface area contributed by atoms with Crippen molar-refractivity contribution in [3.05, 3.63) is 0 Å². The van der Waals surface area contributed by atoms with E-state index in [-0.39, 0.29) is 17.8 Å². The minimum Gasteiger partial charge on any atom is -0.469 e. The lowest BCUT2D eigenvalue weighted by Crippen LogP contribution is -2.32. The van der Waals surface area contributed by atoms with Crippen LogP contribution in [0.15, 0.2) is 0 Å². The maximum atomic E-state index is 11.2. The molecule has 1 heterocycles. The van der Waals surface area contributed by atoms with Gasteiger partial charge in [0.2, 0.25) is 0 Å². The summed E-state index contributed by atoms with van der Waals surface area (Å²) in [6, 6.07) is 0. The zero-order valence-corrected chi connectivity index (χ0v) is 7.29. The van der Waals surface area contributed by atoms with Crippen molar-refractivity contribution in [3.8, 4) is 0 Å². The molecule has 0 unspecified atom stereocenters. The molecule has 4 nitrogen and oxygen atoms in total. The van der Waals surface area contributed by atoms with Gasteiger partial charge in [0, 0.05) is 13.2 Å². The minimum absolute atomic E-state index is 0.183. The van der Waals surface area contributed by atoms with Gasteiger partial charge < -0.3 is 15.2 Å². The molecule has 1 rings (SSSR count). The van der Waals surface area contributed by atoms with Crippen LogP contribution < -0.4 is 5.73 Å². The Hall–Kier alpha value is -0.610. The molecule has 1 aliphatic rings. The lowest BCUT2D eigenvalue weighted by Gasteiger charge is -2.17. The van der Waals surface area contributed by atoms with Crippen molar-refractivity contribution in [1.82, 2.24) is 0 Å². The van der Waals surface area contributed by atoms with E-state index in [0.717, 1.165) is 13.0 Å². The summed E-state index contributed by atoms with van der Waals surface area (Å²) in [5.74, 6) is -0.145. The summed E-state index contributed by atoms with van der Waals surface area (Å²) < 4.78 is 9.81. The van der Waals surface area contributed by atoms with Crippen LogP contribution in [0.3, 0.4) is 0 Å². The Morgan fingerprint density at radius 2 is 2.58 bits per heavy atom. The third-order valence-electron chi connectivity index (χ3n) is 2.29. The number of methoxy groups -OCH3 is 1. The van der Waals surface area contributed by atoms with E-state index in [1.54, 1.807) is 0 Å². The highest BCUT2D eigenvalue weighted by atomic mass is 16.5. The molecule has 4 heteroatoms. The van der Waals surface area contributed by atoms with E-state index in [0.29, 0.717) is 13.2 Å². The summed E-state index contributed by atoms with van der Waals surface area (Å²) >= 11 is 0. The predicted molar refractivity (Wildman–Crippen MR) is 43.5 cm³/mol. The fraction of sp³-hybridized carbons (Fsp3) is 0.875. The van der Waals surface area contributed by atoms with Gasteiger partial charge in [-0.1, -0.05) is 0 Å². The van der Waals surface area contributed by atoms with Gasteiger partial charge >= 0.3 is 5.97 Å². The van der Waals surface area contributed by atoms with E-state index in [9.17, 15) is 4.79 Å². The molecule has 1 aliphatic heterocycles. The van der Waals surface area contributed by atoms with E-state index in [2.05, 4.69) is 4.74 Å². The van der Waals surface area contributed by atoms with Gasteiger partial charge in [0.25, 0.3) is 0 Å². The van der Waals surface area contributed by atoms with Crippen LogP contribution in [0.1, 0.15) is 6.42 Å². The maximum absolute atomic E-state index is 11.2. The summed E-state index contributed by atoms with van der Waals surface area (Å²) in [5, 5.41) is 0. The molecule has 0 saturated carbocycles. The monoisotopic (exact) mass is 173 g/mol. The molecule has 0 bridgehead atoms. The number of esters is 1. The summed E-state index contributed by atoms with van der Waals surface area (Å²) in [7, 11) is 1.39. The smallest absolute Gasteiger partial charge is 0.310 e. The molecule has 12 heavy (non-hydrogen) atoms. The molecule has 0 spiro atoms. The lowest BCUT2D eigenvalue weighted by molar-refractivity contribution is -0.147. The number of hydrogen-bond acceptors (Lipinski definition) is 4. The summed E-state index contributed by atoms with van der Waals surface area (Å²) in [6.07, 6.45) is 0.914. The number of hydrogen-bond donors (Lipinski definition) is 1. The second-order valence-corrected chi connectivity index (χ2v) is 2.99. The Balaban J connectivity index is 2.48. The van der Waals surface area contributed by atoms with Gasteiger partial charge in [-0.3, -0.25) is 4.79 Å². The zero-order chi connectivity index (χ0) is 8.97. The Morgan fingerprint density at radius 1 is 1.83 bits per heavy atom. The Bertz CT molecular complexity index is 154. The van der Waals surface area contributed by atoms with Crippen LogP contribution in [0.25, 0.3) is 0 Å². The fourth-order valence-electron chi connectivity index (χ4n) is 1.50. The molecule has 0 aromatic rings. The fourth-order valence-corrected chi connectivity index (χ4v) is 1.50. The highest BCUT2D eigenvalue weighted by Crippen LogP contribution is 2.22. The molecule has 1 saturated heterocycles. The molecule has 2 N–H and O–H groups in total. The van der Waals surface area contributed by atoms with E-state index in [1.165, 1.54) is 7.11 Å². The van der Waals surface area contributed by atoms with E-state index < -0.39 is 0 Å². The van der Waals surface area contributed by atoms with Crippen molar-refractivity contribution in [2.45, 2.75) is 6.42 Å². The number of rotatable bonds is 3. The van der Waals surface area contributed by atoms with Crippen molar-refractivity contribution < 1.29 is 14.3 Å². The SMILES string of the molecule is COC(=O)[C@H](CN)[C@H]1CCOC1. The van der Waals surface area contributed by atoms with Crippen molar-refractivity contribution in [1.29, 1.82) is 0 Å². The van der Waals surface area contributed by atoms with E-state index in [4.69, 9.17) is 10.5 Å². The van der Waals surface area contributed by atoms with Gasteiger partial charge in [0.15, 0.2) is 0 Å². The molecule has 2 atom stereocenters. The standard InChI is InChI=1S/C8H15NO3/c1-11-8(10)7(4-9)6-2-3-12-5-6/h6-7H,2-5,9H2,1H3/t6-,7+/m0/s1. The molecule has 0 aliphatic carbocycles. The van der Waals surface area contributed by atoms with Crippen LogP contribution in [0.2, 0.25) is 0 Å². The number of nitrogens with two attached hydrogens (primary N) is 1. The third-order valence-corrected chi connectivity index (χ3v) is 2.29. The number of carbonyl (C=O) groups is 1. The topological polar surface area (TPSA) is 61.5 Å². The molecule has 0 aromatic carbocycles. The quantitative estimate of drug-likeness (QED) is 0.599. The second-order valence-electron chi connectivity index (χ2n) is 2.99. The van der Waals surface area contributed by atoms with Gasteiger partial charge in [-0.2, -0.15) is 0 Å². The molecular formula is C8H15NO3. The first-order valence-electron chi connectivity index (χ1n) is 4.15. The summed E-state index contributed by atoms with van der Waals surface area (Å²) in [6.45, 7) is 1.72. The van der Waals surface area contributed by atoms with Crippen LogP contribution in [-0.4, -0.2) is 32.8 Å². The third kappa shape index (κ3) is 1.95. The van der Waals surface area contributed by atoms with Crippen LogP contribution in [-0.2, 0) is 14.3 Å². The largest absolute Gasteiger partial charge is 0.469 e. The average Bonchev–Trinajstić information content (AvgIpc) is 2.58. The van der Waals surface area contributed by atoms with Crippen LogP contribution >= 0.6 is 0 Å². The van der Waals surface area contributed by atoms with Crippen molar-refractivity contribution in [3.63, 3.8) is 0 Å². The lowest BCUT2D eigenvalue weighted by atomic mass is 9.92. The highest BCUT2D eigenvalue weighted by molar-refractivity contribution is 5.72. The number of ether oxygens (including phenoxy) is 2. The van der Waals surface area contributed by atoms with Crippen LogP contribution in [0.4, 0.5) is 0 Å². The highest BCUT2D eigenvalue weighted by Gasteiger charge is 2.30. The van der Waals surface area contributed by atoms with E-state index >= 15 is 0 Å². The Kier molecular flexibility index (Phi) is 3.49. The number of carbonyl (C=O) groups excluding carboxylic acids is 1. The molecule has 70 valence electrons. The van der Waals surface area contributed by atoms with Crippen molar-refractivity contribution >= 4 is 5.97 Å². The summed E-state index contributed by atoms with van der Waals surface area (Å²) in [5.41, 5.74) is 5.47. The first-order valence-corrected chi connectivity index (χ1v) is 4.15. The first kappa shape index (κ1) is 9.48. The van der Waals surface area contributed by atoms with Crippen molar-refractivity contribution in [2.75, 3.05) is 26.9 Å². The molecule has 0 aromatic heterocycles. The van der Waals surface area contributed by atoms with Crippen LogP contribution in [0.5, 0.6) is 0 Å². The Morgan fingerprint density at radius 3 is 3.00 bits per heavy atom. The van der Waals surface area contributed by atoms with Crippen molar-refractivity contribution in [2.24, 2.45) is 17.6 Å². The Labute approximate surface area is 72.0 Å². The minimum atomic E-state index is -0.215. The van der Waals surface area contributed by atoms with Crippen LogP contribution in [0, 0.1) is 11.8 Å². The molecular weight excluding hydrogens is 158 g/mol. The van der Waals surface area contributed by atoms with Gasteiger partial charge in [-0.25, -0.2) is 0 Å². The molecule has 0 amide bonds. The normalized spacial score (nSPS) is 25.3.